The number of aliphatic hydroxyl groups excluding tert-OH is 1. The van der Waals surface area contributed by atoms with E-state index in [1.165, 1.54) is 0 Å². The van der Waals surface area contributed by atoms with Crippen LogP contribution in [0.25, 0.3) is 0 Å². The first kappa shape index (κ1) is 14.1. The summed E-state index contributed by atoms with van der Waals surface area (Å²) in [7, 11) is 0. The van der Waals surface area contributed by atoms with Gasteiger partial charge < -0.3 is 9.84 Å². The first-order valence-electron chi connectivity index (χ1n) is 6.47. The quantitative estimate of drug-likeness (QED) is 0.925. The van der Waals surface area contributed by atoms with Gasteiger partial charge in [-0.3, -0.25) is 0 Å². The van der Waals surface area contributed by atoms with Gasteiger partial charge in [0.15, 0.2) is 0 Å². The van der Waals surface area contributed by atoms with Crippen LogP contribution < -0.4 is 4.74 Å². The second-order valence-corrected chi connectivity index (χ2v) is 4.81. The van der Waals surface area contributed by atoms with Crippen molar-refractivity contribution in [1.29, 1.82) is 5.26 Å². The monoisotopic (exact) mass is 267 g/mol. The molecule has 20 heavy (non-hydrogen) atoms. The van der Waals surface area contributed by atoms with Gasteiger partial charge >= 0.3 is 0 Å². The van der Waals surface area contributed by atoms with Crippen molar-refractivity contribution in [1.82, 2.24) is 0 Å². The molecule has 0 unspecified atom stereocenters. The van der Waals surface area contributed by atoms with Gasteiger partial charge in [0.2, 0.25) is 0 Å². The van der Waals surface area contributed by atoms with Gasteiger partial charge in [-0.2, -0.15) is 5.26 Å². The van der Waals surface area contributed by atoms with E-state index in [0.29, 0.717) is 12.2 Å². The van der Waals surface area contributed by atoms with Crippen molar-refractivity contribution in [2.45, 2.75) is 27.1 Å². The van der Waals surface area contributed by atoms with Gasteiger partial charge in [-0.1, -0.05) is 24.3 Å². The third kappa shape index (κ3) is 3.17. The third-order valence-electron chi connectivity index (χ3n) is 3.18. The minimum absolute atomic E-state index is 0.0506. The summed E-state index contributed by atoms with van der Waals surface area (Å²) in [4.78, 5) is 0. The molecule has 2 aromatic carbocycles. The molecule has 0 saturated heterocycles. The summed E-state index contributed by atoms with van der Waals surface area (Å²) >= 11 is 0. The van der Waals surface area contributed by atoms with Crippen LogP contribution in [0.1, 0.15) is 27.8 Å². The Kier molecular flexibility index (Phi) is 4.39. The van der Waals surface area contributed by atoms with Crippen LogP contribution in [0.5, 0.6) is 5.75 Å². The molecule has 2 aromatic rings. The van der Waals surface area contributed by atoms with E-state index >= 15 is 0 Å². The highest BCUT2D eigenvalue weighted by molar-refractivity contribution is 5.47. The molecule has 3 nitrogen and oxygen atoms in total. The number of aryl methyl sites for hydroxylation is 2. The van der Waals surface area contributed by atoms with Gasteiger partial charge in [-0.15, -0.1) is 0 Å². The van der Waals surface area contributed by atoms with Gasteiger partial charge in [0.05, 0.1) is 18.2 Å². The lowest BCUT2D eigenvalue weighted by Gasteiger charge is -2.12. The molecule has 3 heteroatoms. The first-order valence-corrected chi connectivity index (χ1v) is 6.47. The van der Waals surface area contributed by atoms with E-state index in [0.717, 1.165) is 28.0 Å². The van der Waals surface area contributed by atoms with E-state index in [1.54, 1.807) is 0 Å². The van der Waals surface area contributed by atoms with Gasteiger partial charge in [0, 0.05) is 0 Å². The maximum atomic E-state index is 9.00. The number of rotatable bonds is 4. The Labute approximate surface area is 119 Å². The van der Waals surface area contributed by atoms with E-state index in [2.05, 4.69) is 6.07 Å². The molecule has 1 N–H and O–H groups in total. The molecular formula is C17H17NO2. The molecule has 0 heterocycles. The van der Waals surface area contributed by atoms with E-state index in [4.69, 9.17) is 15.1 Å². The Morgan fingerprint density at radius 3 is 2.10 bits per heavy atom. The number of nitrogens with zero attached hydrogens (tertiary/aromatic N) is 1. The molecule has 0 saturated carbocycles. The first-order chi connectivity index (χ1) is 9.63. The fourth-order valence-corrected chi connectivity index (χ4v) is 2.14. The molecule has 0 aliphatic rings. The molecule has 2 rings (SSSR count). The second-order valence-electron chi connectivity index (χ2n) is 4.81. The largest absolute Gasteiger partial charge is 0.488 e. The molecule has 0 spiro atoms. The minimum Gasteiger partial charge on any atom is -0.488 e. The van der Waals surface area contributed by atoms with Crippen LogP contribution in [-0.2, 0) is 13.2 Å². The molecule has 102 valence electrons. The highest BCUT2D eigenvalue weighted by Gasteiger charge is 2.06. The van der Waals surface area contributed by atoms with Crippen molar-refractivity contribution in [2.75, 3.05) is 0 Å². The minimum atomic E-state index is 0.0506. The summed E-state index contributed by atoms with van der Waals surface area (Å²) in [6.07, 6.45) is 0. The van der Waals surface area contributed by atoms with E-state index in [-0.39, 0.29) is 6.61 Å². The van der Waals surface area contributed by atoms with Gasteiger partial charge in [0.1, 0.15) is 12.4 Å². The Morgan fingerprint density at radius 1 is 1.05 bits per heavy atom. The summed E-state index contributed by atoms with van der Waals surface area (Å²) in [6.45, 7) is 4.41. The maximum absolute atomic E-state index is 9.00. The summed E-state index contributed by atoms with van der Waals surface area (Å²) in [5, 5.41) is 17.9. The van der Waals surface area contributed by atoms with Crippen molar-refractivity contribution >= 4 is 0 Å². The van der Waals surface area contributed by atoms with Crippen molar-refractivity contribution in [2.24, 2.45) is 0 Å². The van der Waals surface area contributed by atoms with E-state index in [9.17, 15) is 0 Å². The number of ether oxygens (including phenoxy) is 1. The lowest BCUT2D eigenvalue weighted by atomic mass is 10.1. The fraction of sp³-hybridized carbons (Fsp3) is 0.235. The summed E-state index contributed by atoms with van der Waals surface area (Å²) in [6, 6.07) is 13.5. The maximum Gasteiger partial charge on any atom is 0.125 e. The summed E-state index contributed by atoms with van der Waals surface area (Å²) in [5.74, 6) is 0.829. The van der Waals surface area contributed by atoms with E-state index in [1.807, 2.05) is 50.2 Å². The summed E-state index contributed by atoms with van der Waals surface area (Å²) in [5.41, 5.74) is 4.52. The molecule has 0 atom stereocenters. The Bertz CT molecular complexity index is 616. The molecule has 0 aliphatic heterocycles. The van der Waals surface area contributed by atoms with Crippen LogP contribution in [-0.4, -0.2) is 5.11 Å². The van der Waals surface area contributed by atoms with E-state index < -0.39 is 0 Å². The number of aliphatic hydroxyl groups is 1. The second kappa shape index (κ2) is 6.23. The smallest absolute Gasteiger partial charge is 0.125 e. The Morgan fingerprint density at radius 2 is 1.60 bits per heavy atom. The summed E-state index contributed by atoms with van der Waals surface area (Å²) < 4.78 is 5.85. The predicted octanol–water partition coefficient (Wildman–Crippen LogP) is 3.25. The highest BCUT2D eigenvalue weighted by Crippen LogP contribution is 2.25. The highest BCUT2D eigenvalue weighted by atomic mass is 16.5. The zero-order valence-electron chi connectivity index (χ0n) is 11.7. The van der Waals surface area contributed by atoms with Crippen LogP contribution >= 0.6 is 0 Å². The third-order valence-corrected chi connectivity index (χ3v) is 3.18. The average Bonchev–Trinajstić information content (AvgIpc) is 2.46. The lowest BCUT2D eigenvalue weighted by molar-refractivity contribution is 0.281. The Balaban J connectivity index is 2.12. The lowest BCUT2D eigenvalue weighted by Crippen LogP contribution is -2.00. The van der Waals surface area contributed by atoms with Crippen LogP contribution in [0.3, 0.4) is 0 Å². The van der Waals surface area contributed by atoms with Gasteiger partial charge in [-0.25, -0.2) is 0 Å². The predicted molar refractivity (Wildman–Crippen MR) is 77.3 cm³/mol. The molecule has 0 aliphatic carbocycles. The fourth-order valence-electron chi connectivity index (χ4n) is 2.14. The van der Waals surface area contributed by atoms with Crippen LogP contribution in [0, 0.1) is 25.2 Å². The average molecular weight is 267 g/mol. The zero-order valence-corrected chi connectivity index (χ0v) is 11.7. The normalized spacial score (nSPS) is 10.1. The molecule has 0 aromatic heterocycles. The van der Waals surface area contributed by atoms with Crippen molar-refractivity contribution < 1.29 is 9.84 Å². The molecular weight excluding hydrogens is 250 g/mol. The van der Waals surface area contributed by atoms with Crippen molar-refractivity contribution in [3.8, 4) is 11.8 Å². The van der Waals surface area contributed by atoms with Crippen LogP contribution in [0.15, 0.2) is 36.4 Å². The van der Waals surface area contributed by atoms with Gasteiger partial charge in [0.25, 0.3) is 0 Å². The van der Waals surface area contributed by atoms with Crippen LogP contribution in [0.2, 0.25) is 0 Å². The SMILES string of the molecule is Cc1cc(C#N)cc(C)c1OCc1ccc(CO)cc1. The number of nitriles is 1. The molecule has 0 radical (unpaired) electrons. The number of benzene rings is 2. The zero-order chi connectivity index (χ0) is 14.5. The molecule has 0 amide bonds. The number of hydrogen-bond donors (Lipinski definition) is 1. The Hall–Kier alpha value is -2.31. The van der Waals surface area contributed by atoms with Crippen molar-refractivity contribution in [3.63, 3.8) is 0 Å². The molecule has 0 fully saturated rings. The van der Waals surface area contributed by atoms with Crippen molar-refractivity contribution in [3.05, 3.63) is 64.2 Å². The van der Waals surface area contributed by atoms with Crippen LogP contribution in [0.4, 0.5) is 0 Å². The number of hydrogen-bond acceptors (Lipinski definition) is 3. The standard InChI is InChI=1S/C17H17NO2/c1-12-7-16(9-18)8-13(2)17(12)20-11-15-5-3-14(10-19)4-6-15/h3-8,19H,10-11H2,1-2H3. The topological polar surface area (TPSA) is 53.2 Å². The van der Waals surface area contributed by atoms with Gasteiger partial charge in [-0.05, 0) is 48.2 Å². The molecule has 0 bridgehead atoms.